The molecular weight excluding hydrogens is 266 g/mol. The van der Waals surface area contributed by atoms with E-state index in [4.69, 9.17) is 0 Å². The third-order valence-corrected chi connectivity index (χ3v) is 3.26. The Morgan fingerprint density at radius 2 is 2.24 bits per heavy atom. The molecule has 6 heteroatoms. The number of hydrogen-bond donors (Lipinski definition) is 2. The van der Waals surface area contributed by atoms with E-state index in [1.165, 1.54) is 0 Å². The molecule has 0 bridgehead atoms. The fourth-order valence-electron chi connectivity index (χ4n) is 2.03. The topological polar surface area (TPSA) is 71.8 Å². The molecule has 0 aliphatic heterocycles. The molecule has 21 heavy (non-hydrogen) atoms. The van der Waals surface area contributed by atoms with Gasteiger partial charge in [0.1, 0.15) is 5.82 Å². The van der Waals surface area contributed by atoms with Gasteiger partial charge in [-0.25, -0.2) is 9.97 Å². The minimum absolute atomic E-state index is 0.0377. The summed E-state index contributed by atoms with van der Waals surface area (Å²) in [7, 11) is 0. The van der Waals surface area contributed by atoms with Gasteiger partial charge in [-0.05, 0) is 25.5 Å². The Morgan fingerprint density at radius 1 is 1.38 bits per heavy atom. The molecule has 1 unspecified atom stereocenters. The van der Waals surface area contributed by atoms with Crippen molar-refractivity contribution in [3.63, 3.8) is 0 Å². The van der Waals surface area contributed by atoms with E-state index in [-0.39, 0.29) is 11.9 Å². The number of hydrogen-bond acceptors (Lipinski definition) is 4. The van der Waals surface area contributed by atoms with Crippen LogP contribution in [0.5, 0.6) is 0 Å². The number of nitrogens with one attached hydrogen (secondary N) is 2. The van der Waals surface area contributed by atoms with Gasteiger partial charge in [-0.1, -0.05) is 6.07 Å². The summed E-state index contributed by atoms with van der Waals surface area (Å²) in [6.07, 6.45) is 7.50. The Balaban J connectivity index is 1.67. The summed E-state index contributed by atoms with van der Waals surface area (Å²) in [6.45, 7) is 5.23. The lowest BCUT2D eigenvalue weighted by atomic mass is 10.2. The van der Waals surface area contributed by atoms with Crippen molar-refractivity contribution in [1.82, 2.24) is 19.9 Å². The maximum atomic E-state index is 11.8. The van der Waals surface area contributed by atoms with Gasteiger partial charge in [-0.15, -0.1) is 0 Å². The van der Waals surface area contributed by atoms with Gasteiger partial charge >= 0.3 is 0 Å². The Labute approximate surface area is 124 Å². The molecule has 6 nitrogen and oxygen atoms in total. The molecule has 1 amide bonds. The summed E-state index contributed by atoms with van der Waals surface area (Å²) in [4.78, 5) is 20.1. The zero-order valence-electron chi connectivity index (χ0n) is 12.4. The second kappa shape index (κ2) is 7.42. The van der Waals surface area contributed by atoms with E-state index in [0.717, 1.165) is 11.4 Å². The van der Waals surface area contributed by atoms with Gasteiger partial charge in [0.25, 0.3) is 0 Å². The normalized spacial score (nSPS) is 11.9. The van der Waals surface area contributed by atoms with Crippen LogP contribution < -0.4 is 10.6 Å². The fraction of sp³-hybridized carbons (Fsp3) is 0.400. The molecule has 2 heterocycles. The number of rotatable bonds is 7. The minimum Gasteiger partial charge on any atom is -0.368 e. The van der Waals surface area contributed by atoms with Crippen LogP contribution >= 0.6 is 0 Å². The summed E-state index contributed by atoms with van der Waals surface area (Å²) >= 11 is 0. The van der Waals surface area contributed by atoms with E-state index in [1.54, 1.807) is 18.7 Å². The van der Waals surface area contributed by atoms with Gasteiger partial charge in [0.2, 0.25) is 5.91 Å². The molecule has 0 saturated carbocycles. The van der Waals surface area contributed by atoms with Crippen LogP contribution in [0.3, 0.4) is 0 Å². The van der Waals surface area contributed by atoms with E-state index in [0.29, 0.717) is 19.5 Å². The number of anilines is 1. The Kier molecular flexibility index (Phi) is 5.31. The number of carbonyl (C=O) groups is 1. The third kappa shape index (κ3) is 4.59. The number of aromatic nitrogens is 3. The molecule has 0 fully saturated rings. The zero-order valence-corrected chi connectivity index (χ0v) is 12.4. The average Bonchev–Trinajstić information content (AvgIpc) is 2.99. The molecule has 2 aromatic rings. The van der Waals surface area contributed by atoms with E-state index in [2.05, 4.69) is 20.6 Å². The largest absolute Gasteiger partial charge is 0.368 e. The van der Waals surface area contributed by atoms with Crippen LogP contribution in [0.2, 0.25) is 0 Å². The summed E-state index contributed by atoms with van der Waals surface area (Å²) in [5, 5.41) is 6.11. The monoisotopic (exact) mass is 287 g/mol. The predicted octanol–water partition coefficient (Wildman–Crippen LogP) is 1.77. The van der Waals surface area contributed by atoms with Crippen LogP contribution in [0.4, 0.5) is 5.82 Å². The Bertz CT molecular complexity index is 567. The summed E-state index contributed by atoms with van der Waals surface area (Å²) in [6, 6.07) is 4.01. The number of nitrogens with zero attached hydrogens (tertiary/aromatic N) is 3. The SMILES string of the molecule is Cc1cccnc1NCCNC(=O)CC(C)n1ccnc1. The van der Waals surface area contributed by atoms with Gasteiger partial charge < -0.3 is 15.2 Å². The quantitative estimate of drug-likeness (QED) is 0.761. The molecule has 2 rings (SSSR count). The lowest BCUT2D eigenvalue weighted by molar-refractivity contribution is -0.121. The van der Waals surface area contributed by atoms with Crippen LogP contribution in [0.1, 0.15) is 24.9 Å². The van der Waals surface area contributed by atoms with Crippen molar-refractivity contribution in [3.8, 4) is 0 Å². The lowest BCUT2D eigenvalue weighted by Crippen LogP contribution is -2.30. The van der Waals surface area contributed by atoms with Crippen LogP contribution in [-0.2, 0) is 4.79 Å². The number of pyridine rings is 1. The Morgan fingerprint density at radius 3 is 2.95 bits per heavy atom. The summed E-state index contributed by atoms with van der Waals surface area (Å²) in [5.41, 5.74) is 1.09. The molecule has 0 saturated heterocycles. The molecule has 1 atom stereocenters. The van der Waals surface area contributed by atoms with Crippen LogP contribution in [0.25, 0.3) is 0 Å². The second-order valence-electron chi connectivity index (χ2n) is 5.01. The third-order valence-electron chi connectivity index (χ3n) is 3.26. The van der Waals surface area contributed by atoms with Crippen LogP contribution in [-0.4, -0.2) is 33.5 Å². The van der Waals surface area contributed by atoms with Crippen molar-refractivity contribution in [3.05, 3.63) is 42.6 Å². The minimum atomic E-state index is 0.0377. The van der Waals surface area contributed by atoms with Crippen LogP contribution in [0, 0.1) is 6.92 Å². The molecular formula is C15H21N5O. The van der Waals surface area contributed by atoms with Gasteiger partial charge in [0, 0.05) is 44.1 Å². The first kappa shape index (κ1) is 15.0. The molecule has 0 aliphatic carbocycles. The average molecular weight is 287 g/mol. The predicted molar refractivity (Wildman–Crippen MR) is 82.0 cm³/mol. The van der Waals surface area contributed by atoms with Gasteiger partial charge in [0.15, 0.2) is 0 Å². The lowest BCUT2D eigenvalue weighted by Gasteiger charge is -2.13. The zero-order chi connectivity index (χ0) is 15.1. The van der Waals surface area contributed by atoms with E-state index in [1.807, 2.05) is 36.7 Å². The van der Waals surface area contributed by atoms with E-state index < -0.39 is 0 Å². The second-order valence-corrected chi connectivity index (χ2v) is 5.01. The molecule has 0 spiro atoms. The number of amides is 1. The highest BCUT2D eigenvalue weighted by Crippen LogP contribution is 2.09. The van der Waals surface area contributed by atoms with Crippen molar-refractivity contribution in [2.45, 2.75) is 26.3 Å². The maximum absolute atomic E-state index is 11.8. The first-order valence-electron chi connectivity index (χ1n) is 7.06. The van der Waals surface area contributed by atoms with Gasteiger partial charge in [-0.2, -0.15) is 0 Å². The van der Waals surface area contributed by atoms with E-state index in [9.17, 15) is 4.79 Å². The highest BCUT2D eigenvalue weighted by atomic mass is 16.1. The Hall–Kier alpha value is -2.37. The highest BCUT2D eigenvalue weighted by Gasteiger charge is 2.09. The van der Waals surface area contributed by atoms with Gasteiger partial charge in [-0.3, -0.25) is 4.79 Å². The fourth-order valence-corrected chi connectivity index (χ4v) is 2.03. The van der Waals surface area contributed by atoms with Crippen molar-refractivity contribution in [2.24, 2.45) is 0 Å². The molecule has 0 aromatic carbocycles. The molecule has 2 aromatic heterocycles. The van der Waals surface area contributed by atoms with Crippen molar-refractivity contribution in [2.75, 3.05) is 18.4 Å². The number of imidazole rings is 1. The standard InChI is InChI=1S/C15H21N5O/c1-12-4-3-5-18-15(12)19-7-6-17-14(21)10-13(2)20-9-8-16-11-20/h3-5,8-9,11,13H,6-7,10H2,1-2H3,(H,17,21)(H,18,19). The molecule has 0 radical (unpaired) electrons. The van der Waals surface area contributed by atoms with Gasteiger partial charge in [0.05, 0.1) is 6.33 Å². The maximum Gasteiger partial charge on any atom is 0.222 e. The summed E-state index contributed by atoms with van der Waals surface area (Å²) < 4.78 is 1.93. The number of carbonyl (C=O) groups excluding carboxylic acids is 1. The smallest absolute Gasteiger partial charge is 0.222 e. The van der Waals surface area contributed by atoms with Crippen molar-refractivity contribution in [1.29, 1.82) is 0 Å². The van der Waals surface area contributed by atoms with Crippen molar-refractivity contribution >= 4 is 11.7 Å². The molecule has 112 valence electrons. The summed E-state index contributed by atoms with van der Waals surface area (Å²) in [5.74, 6) is 0.897. The molecule has 2 N–H and O–H groups in total. The first-order chi connectivity index (χ1) is 10.2. The van der Waals surface area contributed by atoms with Crippen molar-refractivity contribution < 1.29 is 4.79 Å². The van der Waals surface area contributed by atoms with E-state index >= 15 is 0 Å². The highest BCUT2D eigenvalue weighted by molar-refractivity contribution is 5.76. The van der Waals surface area contributed by atoms with Crippen LogP contribution in [0.15, 0.2) is 37.1 Å². The first-order valence-corrected chi connectivity index (χ1v) is 7.06. The molecule has 0 aliphatic rings. The number of aryl methyl sites for hydroxylation is 1.